The molecular formula is C16H17NO4. The molecule has 0 bridgehead atoms. The van der Waals surface area contributed by atoms with E-state index in [2.05, 4.69) is 0 Å². The van der Waals surface area contributed by atoms with Gasteiger partial charge < -0.3 is 19.1 Å². The molecule has 2 heterocycles. The van der Waals surface area contributed by atoms with Gasteiger partial charge in [-0.3, -0.25) is 4.79 Å². The summed E-state index contributed by atoms with van der Waals surface area (Å²) in [4.78, 5) is 12.0. The van der Waals surface area contributed by atoms with Gasteiger partial charge in [-0.25, -0.2) is 0 Å². The minimum atomic E-state index is -0.555. The Balaban J connectivity index is 1.90. The summed E-state index contributed by atoms with van der Waals surface area (Å²) in [5.74, 6) is 0.343. The van der Waals surface area contributed by atoms with Crippen molar-refractivity contribution in [3.05, 3.63) is 64.1 Å². The van der Waals surface area contributed by atoms with Crippen LogP contribution in [0.25, 0.3) is 0 Å². The van der Waals surface area contributed by atoms with Gasteiger partial charge in [-0.1, -0.05) is 30.3 Å². The van der Waals surface area contributed by atoms with Crippen molar-refractivity contribution in [3.8, 4) is 5.75 Å². The molecule has 1 aromatic heterocycles. The summed E-state index contributed by atoms with van der Waals surface area (Å²) in [7, 11) is 0. The number of aliphatic hydroxyl groups is 1. The molecule has 3 rings (SSSR count). The second kappa shape index (κ2) is 6.11. The van der Waals surface area contributed by atoms with E-state index in [-0.39, 0.29) is 12.0 Å². The van der Waals surface area contributed by atoms with E-state index in [0.717, 1.165) is 11.3 Å². The average Bonchev–Trinajstić information content (AvgIpc) is 2.55. The average molecular weight is 287 g/mol. The van der Waals surface area contributed by atoms with E-state index in [1.54, 1.807) is 6.20 Å². The third kappa shape index (κ3) is 2.84. The zero-order chi connectivity index (χ0) is 14.7. The molecule has 0 amide bonds. The van der Waals surface area contributed by atoms with Crippen LogP contribution >= 0.6 is 0 Å². The first-order chi connectivity index (χ1) is 10.3. The minimum absolute atomic E-state index is 0.106. The maximum Gasteiger partial charge on any atom is 0.227 e. The Hall–Kier alpha value is -2.11. The summed E-state index contributed by atoms with van der Waals surface area (Å²) < 4.78 is 13.4. The normalized spacial score (nSPS) is 17.1. The van der Waals surface area contributed by atoms with Crippen LogP contribution in [0.2, 0.25) is 0 Å². The number of rotatable bonds is 4. The number of aromatic nitrogens is 1. The lowest BCUT2D eigenvalue weighted by Gasteiger charge is -2.28. The standard InChI is InChI=1S/C16H17NO4/c18-10-4-8-17-9-7-14(19)15-13(17)11-20-16(21-15)12-5-2-1-3-6-12/h1-3,5-7,9,16,18H,4,8,10-11H2/t16-/m1/s1. The lowest BCUT2D eigenvalue weighted by molar-refractivity contribution is -0.115. The van der Waals surface area contributed by atoms with E-state index in [1.165, 1.54) is 6.07 Å². The Morgan fingerprint density at radius 3 is 2.81 bits per heavy atom. The topological polar surface area (TPSA) is 60.7 Å². The van der Waals surface area contributed by atoms with Crippen molar-refractivity contribution in [2.45, 2.75) is 25.9 Å². The van der Waals surface area contributed by atoms with Crippen LogP contribution in [0.1, 0.15) is 24.0 Å². The Morgan fingerprint density at radius 2 is 2.05 bits per heavy atom. The summed E-state index contributed by atoms with van der Waals surface area (Å²) >= 11 is 0. The third-order valence-corrected chi connectivity index (χ3v) is 3.46. The number of hydrogen-bond donors (Lipinski definition) is 1. The first-order valence-electron chi connectivity index (χ1n) is 6.96. The summed E-state index contributed by atoms with van der Waals surface area (Å²) in [5, 5.41) is 8.94. The number of fused-ring (bicyclic) bond motifs is 1. The van der Waals surface area contributed by atoms with E-state index >= 15 is 0 Å². The van der Waals surface area contributed by atoms with Gasteiger partial charge in [0.25, 0.3) is 0 Å². The van der Waals surface area contributed by atoms with Crippen molar-refractivity contribution in [1.29, 1.82) is 0 Å². The monoisotopic (exact) mass is 287 g/mol. The van der Waals surface area contributed by atoms with Crippen LogP contribution in [-0.4, -0.2) is 16.3 Å². The Morgan fingerprint density at radius 1 is 1.24 bits per heavy atom. The van der Waals surface area contributed by atoms with Crippen molar-refractivity contribution >= 4 is 0 Å². The van der Waals surface area contributed by atoms with Crippen LogP contribution in [0.4, 0.5) is 0 Å². The van der Waals surface area contributed by atoms with Gasteiger partial charge in [0.15, 0.2) is 5.75 Å². The molecule has 1 atom stereocenters. The van der Waals surface area contributed by atoms with Gasteiger partial charge in [-0.15, -0.1) is 0 Å². The SMILES string of the molecule is O=c1ccn(CCCO)c2c1O[C@H](c1ccccc1)OC2. The largest absolute Gasteiger partial charge is 0.455 e. The molecule has 0 radical (unpaired) electrons. The number of ether oxygens (including phenoxy) is 2. The van der Waals surface area contributed by atoms with Gasteiger partial charge in [-0.2, -0.15) is 0 Å². The lowest BCUT2D eigenvalue weighted by atomic mass is 10.2. The zero-order valence-corrected chi connectivity index (χ0v) is 11.6. The second-order valence-electron chi connectivity index (χ2n) is 4.90. The Kier molecular flexibility index (Phi) is 4.03. The molecule has 1 aliphatic heterocycles. The number of pyridine rings is 1. The maximum atomic E-state index is 12.0. The predicted octanol–water partition coefficient (Wildman–Crippen LogP) is 1.84. The van der Waals surface area contributed by atoms with E-state index in [9.17, 15) is 4.79 Å². The minimum Gasteiger partial charge on any atom is -0.455 e. The van der Waals surface area contributed by atoms with Gasteiger partial charge in [0.05, 0.1) is 12.3 Å². The third-order valence-electron chi connectivity index (χ3n) is 3.46. The Bertz CT molecular complexity index is 666. The fourth-order valence-electron chi connectivity index (χ4n) is 2.39. The highest BCUT2D eigenvalue weighted by atomic mass is 16.7. The summed E-state index contributed by atoms with van der Waals surface area (Å²) in [6, 6.07) is 11.0. The van der Waals surface area contributed by atoms with Gasteiger partial charge in [0.1, 0.15) is 0 Å². The fourth-order valence-corrected chi connectivity index (χ4v) is 2.39. The molecule has 2 aromatic rings. The summed E-state index contributed by atoms with van der Waals surface area (Å²) in [6.45, 7) is 1.05. The van der Waals surface area contributed by atoms with Crippen molar-refractivity contribution < 1.29 is 14.6 Å². The van der Waals surface area contributed by atoms with Crippen molar-refractivity contribution in [2.24, 2.45) is 0 Å². The number of benzene rings is 1. The molecule has 0 saturated heterocycles. The van der Waals surface area contributed by atoms with Crippen LogP contribution in [0.3, 0.4) is 0 Å². The molecule has 0 saturated carbocycles. The molecule has 21 heavy (non-hydrogen) atoms. The summed E-state index contributed by atoms with van der Waals surface area (Å²) in [5.41, 5.74) is 1.46. The quantitative estimate of drug-likeness (QED) is 0.932. The molecule has 5 nitrogen and oxygen atoms in total. The van der Waals surface area contributed by atoms with E-state index in [4.69, 9.17) is 14.6 Å². The molecule has 5 heteroatoms. The van der Waals surface area contributed by atoms with Crippen molar-refractivity contribution in [2.75, 3.05) is 6.61 Å². The van der Waals surface area contributed by atoms with E-state index < -0.39 is 6.29 Å². The molecule has 1 aliphatic rings. The second-order valence-corrected chi connectivity index (χ2v) is 4.90. The molecule has 110 valence electrons. The molecule has 1 aromatic carbocycles. The Labute approximate surface area is 122 Å². The molecule has 0 aliphatic carbocycles. The number of aliphatic hydroxyl groups excluding tert-OH is 1. The molecular weight excluding hydrogens is 270 g/mol. The number of hydrogen-bond acceptors (Lipinski definition) is 4. The molecule has 0 unspecified atom stereocenters. The zero-order valence-electron chi connectivity index (χ0n) is 11.6. The van der Waals surface area contributed by atoms with E-state index in [0.29, 0.717) is 25.3 Å². The predicted molar refractivity (Wildman–Crippen MR) is 77.0 cm³/mol. The molecule has 1 N–H and O–H groups in total. The van der Waals surface area contributed by atoms with Crippen LogP contribution in [-0.2, 0) is 17.9 Å². The maximum absolute atomic E-state index is 12.0. The van der Waals surface area contributed by atoms with Crippen molar-refractivity contribution in [3.63, 3.8) is 0 Å². The first kappa shape index (κ1) is 13.9. The van der Waals surface area contributed by atoms with Crippen LogP contribution in [0.15, 0.2) is 47.4 Å². The molecule has 0 fully saturated rings. The fraction of sp³-hybridized carbons (Fsp3) is 0.312. The highest BCUT2D eigenvalue weighted by molar-refractivity contribution is 5.31. The highest BCUT2D eigenvalue weighted by Gasteiger charge is 2.25. The summed E-state index contributed by atoms with van der Waals surface area (Å²) in [6.07, 6.45) is 1.78. The van der Waals surface area contributed by atoms with Gasteiger partial charge in [0, 0.05) is 31.0 Å². The van der Waals surface area contributed by atoms with Crippen LogP contribution in [0, 0.1) is 0 Å². The number of nitrogens with zero attached hydrogens (tertiary/aromatic N) is 1. The van der Waals surface area contributed by atoms with Gasteiger partial charge in [-0.05, 0) is 6.42 Å². The smallest absolute Gasteiger partial charge is 0.227 e. The highest BCUT2D eigenvalue weighted by Crippen LogP contribution is 2.30. The lowest BCUT2D eigenvalue weighted by Crippen LogP contribution is -2.26. The van der Waals surface area contributed by atoms with Gasteiger partial charge in [0.2, 0.25) is 11.7 Å². The molecule has 0 spiro atoms. The van der Waals surface area contributed by atoms with Crippen LogP contribution in [0.5, 0.6) is 5.75 Å². The number of aryl methyl sites for hydroxylation is 1. The van der Waals surface area contributed by atoms with E-state index in [1.807, 2.05) is 34.9 Å². The van der Waals surface area contributed by atoms with Crippen molar-refractivity contribution in [1.82, 2.24) is 4.57 Å². The van der Waals surface area contributed by atoms with Gasteiger partial charge >= 0.3 is 0 Å². The first-order valence-corrected chi connectivity index (χ1v) is 6.96. The van der Waals surface area contributed by atoms with Crippen LogP contribution < -0.4 is 10.2 Å².